The molecule has 3 aliphatic heterocycles. The lowest BCUT2D eigenvalue weighted by Gasteiger charge is -2.33. The first kappa shape index (κ1) is 13.6. The molecule has 4 rings (SSSR count). The van der Waals surface area contributed by atoms with Gasteiger partial charge in [0.25, 0.3) is 0 Å². The molecule has 0 aromatic carbocycles. The minimum absolute atomic E-state index is 0.878. The van der Waals surface area contributed by atoms with E-state index in [1.165, 1.54) is 83.7 Å². The van der Waals surface area contributed by atoms with E-state index >= 15 is 0 Å². The number of piperidine rings is 1. The third kappa shape index (κ3) is 2.78. The Hall–Kier alpha value is -0.0800. The average Bonchev–Trinajstić information content (AvgIpc) is 3.17. The Bertz CT molecular complexity index is 311. The summed E-state index contributed by atoms with van der Waals surface area (Å²) in [5, 5.41) is 3.79. The van der Waals surface area contributed by atoms with E-state index in [1.54, 1.807) is 0 Å². The highest BCUT2D eigenvalue weighted by molar-refractivity contribution is 4.93. The Balaban J connectivity index is 1.28. The Kier molecular flexibility index (Phi) is 4.05. The van der Waals surface area contributed by atoms with Gasteiger partial charge in [-0.2, -0.15) is 0 Å². The maximum Gasteiger partial charge on any atom is 0.0124 e. The molecule has 3 atom stereocenters. The first-order valence-corrected chi connectivity index (χ1v) is 9.38. The summed E-state index contributed by atoms with van der Waals surface area (Å²) in [5.41, 5.74) is 0. The molecule has 2 nitrogen and oxygen atoms in total. The van der Waals surface area contributed by atoms with Crippen LogP contribution >= 0.6 is 0 Å². The number of likely N-dealkylation sites (tertiary alicyclic amines) is 1. The molecule has 3 saturated heterocycles. The highest BCUT2D eigenvalue weighted by atomic mass is 15.2. The van der Waals surface area contributed by atoms with Gasteiger partial charge in [-0.05, 0) is 82.7 Å². The van der Waals surface area contributed by atoms with E-state index in [9.17, 15) is 0 Å². The Morgan fingerprint density at radius 2 is 1.60 bits per heavy atom. The van der Waals surface area contributed by atoms with Gasteiger partial charge in [0.05, 0.1) is 0 Å². The molecule has 0 amide bonds. The van der Waals surface area contributed by atoms with Gasteiger partial charge in [0.2, 0.25) is 0 Å². The summed E-state index contributed by atoms with van der Waals surface area (Å²) in [5.74, 6) is 2.08. The summed E-state index contributed by atoms with van der Waals surface area (Å²) in [6.07, 6.45) is 16.4. The van der Waals surface area contributed by atoms with Gasteiger partial charge in [-0.3, -0.25) is 0 Å². The monoisotopic (exact) mass is 276 g/mol. The largest absolute Gasteiger partial charge is 0.311 e. The molecule has 114 valence electrons. The second-order valence-electron chi connectivity index (χ2n) is 8.05. The fourth-order valence-corrected chi connectivity index (χ4v) is 5.76. The van der Waals surface area contributed by atoms with Gasteiger partial charge in [0.15, 0.2) is 0 Å². The number of nitrogens with one attached hydrogen (secondary N) is 1. The van der Waals surface area contributed by atoms with Crippen LogP contribution in [-0.2, 0) is 0 Å². The van der Waals surface area contributed by atoms with Gasteiger partial charge in [-0.1, -0.05) is 12.8 Å². The Labute approximate surface area is 124 Å². The van der Waals surface area contributed by atoms with Crippen molar-refractivity contribution >= 4 is 0 Å². The maximum absolute atomic E-state index is 3.79. The van der Waals surface area contributed by atoms with Crippen LogP contribution in [0, 0.1) is 11.8 Å². The van der Waals surface area contributed by atoms with Crippen molar-refractivity contribution in [2.24, 2.45) is 11.8 Å². The quantitative estimate of drug-likeness (QED) is 0.844. The van der Waals surface area contributed by atoms with E-state index < -0.39 is 0 Å². The van der Waals surface area contributed by atoms with Crippen molar-refractivity contribution in [3.05, 3.63) is 0 Å². The SMILES string of the molecule is C1CCC(C2CCCN2CCC2CC3CCC(C2)N3)C1. The molecule has 2 heteroatoms. The van der Waals surface area contributed by atoms with Crippen molar-refractivity contribution in [2.75, 3.05) is 13.1 Å². The molecule has 20 heavy (non-hydrogen) atoms. The molecule has 1 N–H and O–H groups in total. The van der Waals surface area contributed by atoms with Crippen LogP contribution in [0.3, 0.4) is 0 Å². The van der Waals surface area contributed by atoms with Crippen molar-refractivity contribution in [3.8, 4) is 0 Å². The van der Waals surface area contributed by atoms with Crippen LogP contribution in [0.2, 0.25) is 0 Å². The third-order valence-corrected chi connectivity index (χ3v) is 6.75. The molecule has 3 heterocycles. The molecule has 1 saturated carbocycles. The number of nitrogens with zero attached hydrogens (tertiary/aromatic N) is 1. The Morgan fingerprint density at radius 1 is 0.850 bits per heavy atom. The smallest absolute Gasteiger partial charge is 0.0124 e. The highest BCUT2D eigenvalue weighted by Crippen LogP contribution is 2.37. The van der Waals surface area contributed by atoms with Crippen molar-refractivity contribution in [2.45, 2.75) is 88.8 Å². The number of hydrogen-bond donors (Lipinski definition) is 1. The molecule has 0 aromatic heterocycles. The molecule has 3 unspecified atom stereocenters. The average molecular weight is 276 g/mol. The van der Waals surface area contributed by atoms with Crippen LogP contribution in [0.25, 0.3) is 0 Å². The summed E-state index contributed by atoms with van der Waals surface area (Å²) in [6, 6.07) is 2.72. The summed E-state index contributed by atoms with van der Waals surface area (Å²) in [4.78, 5) is 2.89. The second-order valence-corrected chi connectivity index (χ2v) is 8.05. The summed E-state index contributed by atoms with van der Waals surface area (Å²) in [7, 11) is 0. The molecule has 2 bridgehead atoms. The second kappa shape index (κ2) is 5.96. The van der Waals surface area contributed by atoms with Gasteiger partial charge >= 0.3 is 0 Å². The van der Waals surface area contributed by atoms with Gasteiger partial charge in [0, 0.05) is 18.1 Å². The molecule has 0 aromatic rings. The van der Waals surface area contributed by atoms with E-state index in [1.807, 2.05) is 0 Å². The van der Waals surface area contributed by atoms with Crippen LogP contribution in [-0.4, -0.2) is 36.1 Å². The van der Waals surface area contributed by atoms with E-state index in [4.69, 9.17) is 0 Å². The fourth-order valence-electron chi connectivity index (χ4n) is 5.76. The lowest BCUT2D eigenvalue weighted by Crippen LogP contribution is -2.40. The molecule has 0 radical (unpaired) electrons. The van der Waals surface area contributed by atoms with Gasteiger partial charge in [0.1, 0.15) is 0 Å². The molecular weight excluding hydrogens is 244 g/mol. The maximum atomic E-state index is 3.79. The van der Waals surface area contributed by atoms with Crippen molar-refractivity contribution in [1.82, 2.24) is 10.2 Å². The molecule has 4 fully saturated rings. The number of fused-ring (bicyclic) bond motifs is 2. The first-order chi connectivity index (χ1) is 9.88. The molecule has 1 aliphatic carbocycles. The topological polar surface area (TPSA) is 15.3 Å². The normalized spacial score (nSPS) is 42.6. The summed E-state index contributed by atoms with van der Waals surface area (Å²) >= 11 is 0. The van der Waals surface area contributed by atoms with Crippen LogP contribution < -0.4 is 5.32 Å². The van der Waals surface area contributed by atoms with E-state index in [2.05, 4.69) is 10.2 Å². The summed E-state index contributed by atoms with van der Waals surface area (Å²) < 4.78 is 0. The number of rotatable bonds is 4. The molecule has 4 aliphatic rings. The lowest BCUT2D eigenvalue weighted by molar-refractivity contribution is 0.167. The van der Waals surface area contributed by atoms with Crippen molar-refractivity contribution in [3.63, 3.8) is 0 Å². The first-order valence-electron chi connectivity index (χ1n) is 9.38. The van der Waals surface area contributed by atoms with E-state index in [0.29, 0.717) is 0 Å². The van der Waals surface area contributed by atoms with E-state index in [-0.39, 0.29) is 0 Å². The van der Waals surface area contributed by atoms with Crippen molar-refractivity contribution < 1.29 is 0 Å². The van der Waals surface area contributed by atoms with Gasteiger partial charge < -0.3 is 10.2 Å². The standard InChI is InChI=1S/C18H32N2/c1-2-5-15(4-1)18-6-3-10-20(18)11-9-14-12-16-7-8-17(13-14)19-16/h14-19H,1-13H2. The van der Waals surface area contributed by atoms with Crippen LogP contribution in [0.4, 0.5) is 0 Å². The van der Waals surface area contributed by atoms with Crippen LogP contribution in [0.1, 0.15) is 70.6 Å². The zero-order valence-corrected chi connectivity index (χ0v) is 13.0. The van der Waals surface area contributed by atoms with Gasteiger partial charge in [-0.25, -0.2) is 0 Å². The van der Waals surface area contributed by atoms with Gasteiger partial charge in [-0.15, -0.1) is 0 Å². The highest BCUT2D eigenvalue weighted by Gasteiger charge is 2.36. The minimum Gasteiger partial charge on any atom is -0.311 e. The third-order valence-electron chi connectivity index (χ3n) is 6.75. The molecular formula is C18H32N2. The van der Waals surface area contributed by atoms with Crippen LogP contribution in [0.5, 0.6) is 0 Å². The predicted molar refractivity (Wildman–Crippen MR) is 83.8 cm³/mol. The molecule has 0 spiro atoms. The Morgan fingerprint density at radius 3 is 2.35 bits per heavy atom. The zero-order valence-electron chi connectivity index (χ0n) is 13.0. The predicted octanol–water partition coefficient (Wildman–Crippen LogP) is 3.56. The number of hydrogen-bond acceptors (Lipinski definition) is 2. The minimum atomic E-state index is 0.878. The zero-order chi connectivity index (χ0) is 13.4. The van der Waals surface area contributed by atoms with Crippen molar-refractivity contribution in [1.29, 1.82) is 0 Å². The summed E-state index contributed by atoms with van der Waals surface area (Å²) in [6.45, 7) is 2.81. The lowest BCUT2D eigenvalue weighted by atomic mass is 9.89. The van der Waals surface area contributed by atoms with E-state index in [0.717, 1.165) is 30.0 Å². The van der Waals surface area contributed by atoms with Crippen LogP contribution in [0.15, 0.2) is 0 Å². The fraction of sp³-hybridized carbons (Fsp3) is 1.00.